The fraction of sp³-hybridized carbons (Fsp3) is 0.304. The maximum Gasteiger partial charge on any atom is 0.216 e. The van der Waals surface area contributed by atoms with Crippen LogP contribution in [0, 0.1) is 0 Å². The Morgan fingerprint density at radius 2 is 1.65 bits per heavy atom. The van der Waals surface area contributed by atoms with Crippen molar-refractivity contribution in [3.05, 3.63) is 59.0 Å². The molecule has 3 rings (SSSR count). The number of carbonyl (C=O) groups is 1. The van der Waals surface area contributed by atoms with E-state index in [0.717, 1.165) is 47.3 Å². The van der Waals surface area contributed by atoms with Crippen molar-refractivity contribution in [2.45, 2.75) is 19.8 Å². The molecule has 0 fully saturated rings. The average molecular weight is 462 g/mol. The normalized spacial score (nSPS) is 10.2. The third-order valence-corrected chi connectivity index (χ3v) is 5.48. The highest BCUT2D eigenvalue weighted by atomic mass is 35.5. The van der Waals surface area contributed by atoms with E-state index in [-0.39, 0.29) is 18.3 Å². The summed E-state index contributed by atoms with van der Waals surface area (Å²) in [6.45, 7) is 2.97. The topological polar surface area (TPSA) is 72.5 Å². The first-order chi connectivity index (χ1) is 14.6. The lowest BCUT2D eigenvalue weighted by atomic mass is 10.1. The third-order valence-electron chi connectivity index (χ3n) is 4.68. The second-order valence-corrected chi connectivity index (χ2v) is 7.69. The number of hydrogen-bond donors (Lipinski definition) is 2. The Labute approximate surface area is 193 Å². The average Bonchev–Trinajstić information content (AvgIpc) is 3.22. The van der Waals surface area contributed by atoms with Gasteiger partial charge in [-0.25, -0.2) is 4.98 Å². The van der Waals surface area contributed by atoms with Gasteiger partial charge < -0.3 is 20.1 Å². The van der Waals surface area contributed by atoms with Crippen molar-refractivity contribution in [1.29, 1.82) is 0 Å². The number of methoxy groups -OCH3 is 2. The van der Waals surface area contributed by atoms with Crippen LogP contribution < -0.4 is 20.1 Å². The van der Waals surface area contributed by atoms with Crippen molar-refractivity contribution >= 4 is 34.8 Å². The predicted octanol–water partition coefficient (Wildman–Crippen LogP) is 4.58. The molecule has 6 nitrogen and oxygen atoms in total. The van der Waals surface area contributed by atoms with Crippen LogP contribution >= 0.6 is 23.7 Å². The first-order valence-electron chi connectivity index (χ1n) is 9.83. The molecule has 2 aromatic carbocycles. The number of halogens is 1. The van der Waals surface area contributed by atoms with Gasteiger partial charge in [0.2, 0.25) is 5.91 Å². The number of thiazole rings is 1. The van der Waals surface area contributed by atoms with Gasteiger partial charge in [-0.3, -0.25) is 4.79 Å². The van der Waals surface area contributed by atoms with Crippen LogP contribution in [0.3, 0.4) is 0 Å². The van der Waals surface area contributed by atoms with Gasteiger partial charge in [0.1, 0.15) is 0 Å². The van der Waals surface area contributed by atoms with Crippen molar-refractivity contribution in [3.8, 4) is 22.8 Å². The molecule has 8 heteroatoms. The standard InChI is InChI=1S/C23H27N3O3S.ClH/c1-16(27)24-12-10-17-4-7-19(8-5-17)20-15-30-23(26-20)25-13-11-18-6-9-21(28-2)22(14-18)29-3;/h4-9,14-15H,10-13H2,1-3H3,(H,24,27)(H,25,26);1H. The van der Waals surface area contributed by atoms with Gasteiger partial charge in [0.15, 0.2) is 16.6 Å². The minimum atomic E-state index is 0. The van der Waals surface area contributed by atoms with Crippen molar-refractivity contribution in [2.24, 2.45) is 0 Å². The number of hydrogen-bond acceptors (Lipinski definition) is 6. The summed E-state index contributed by atoms with van der Waals surface area (Å²) in [5.41, 5.74) is 4.41. The molecule has 1 heterocycles. The summed E-state index contributed by atoms with van der Waals surface area (Å²) in [5, 5.41) is 9.17. The van der Waals surface area contributed by atoms with E-state index in [1.807, 2.05) is 18.2 Å². The quantitative estimate of drug-likeness (QED) is 0.462. The molecule has 3 aromatic rings. The molecular weight excluding hydrogens is 434 g/mol. The summed E-state index contributed by atoms with van der Waals surface area (Å²) < 4.78 is 10.6. The second kappa shape index (κ2) is 12.2. The van der Waals surface area contributed by atoms with E-state index < -0.39 is 0 Å². The first-order valence-corrected chi connectivity index (χ1v) is 10.7. The highest BCUT2D eigenvalue weighted by Gasteiger charge is 2.07. The van der Waals surface area contributed by atoms with Crippen LogP contribution in [0.4, 0.5) is 5.13 Å². The molecule has 1 amide bonds. The molecule has 0 atom stereocenters. The monoisotopic (exact) mass is 461 g/mol. The highest BCUT2D eigenvalue weighted by Crippen LogP contribution is 2.28. The lowest BCUT2D eigenvalue weighted by molar-refractivity contribution is -0.118. The van der Waals surface area contributed by atoms with Crippen molar-refractivity contribution in [1.82, 2.24) is 10.3 Å². The molecule has 0 bridgehead atoms. The highest BCUT2D eigenvalue weighted by molar-refractivity contribution is 7.14. The van der Waals surface area contributed by atoms with Crippen LogP contribution in [-0.2, 0) is 17.6 Å². The number of benzene rings is 2. The SMILES string of the molecule is COc1ccc(CCNc2nc(-c3ccc(CCNC(C)=O)cc3)cs2)cc1OC.Cl. The van der Waals surface area contributed by atoms with Gasteiger partial charge in [-0.1, -0.05) is 30.3 Å². The number of nitrogens with zero attached hydrogens (tertiary/aromatic N) is 1. The first kappa shape index (κ1) is 24.5. The Kier molecular flexibility index (Phi) is 9.62. The van der Waals surface area contributed by atoms with Gasteiger partial charge >= 0.3 is 0 Å². The summed E-state index contributed by atoms with van der Waals surface area (Å²) in [7, 11) is 3.28. The van der Waals surface area contributed by atoms with Crippen LogP contribution in [0.15, 0.2) is 47.8 Å². The van der Waals surface area contributed by atoms with E-state index in [0.29, 0.717) is 6.54 Å². The maximum atomic E-state index is 11.0. The largest absolute Gasteiger partial charge is 0.493 e. The molecule has 2 N–H and O–H groups in total. The van der Waals surface area contributed by atoms with Crippen LogP contribution in [0.25, 0.3) is 11.3 Å². The van der Waals surface area contributed by atoms with Gasteiger partial charge in [-0.15, -0.1) is 23.7 Å². The number of anilines is 1. The Morgan fingerprint density at radius 1 is 0.968 bits per heavy atom. The smallest absolute Gasteiger partial charge is 0.216 e. The van der Waals surface area contributed by atoms with Crippen LogP contribution in [0.5, 0.6) is 11.5 Å². The number of carbonyl (C=O) groups excluding carboxylic acids is 1. The molecule has 1 aromatic heterocycles. The minimum Gasteiger partial charge on any atom is -0.493 e. The molecule has 0 unspecified atom stereocenters. The molecule has 166 valence electrons. The van der Waals surface area contributed by atoms with Crippen LogP contribution in [0.1, 0.15) is 18.1 Å². The molecule has 31 heavy (non-hydrogen) atoms. The van der Waals surface area contributed by atoms with E-state index >= 15 is 0 Å². The summed E-state index contributed by atoms with van der Waals surface area (Å²) >= 11 is 1.60. The second-order valence-electron chi connectivity index (χ2n) is 6.83. The minimum absolute atomic E-state index is 0. The van der Waals surface area contributed by atoms with Crippen molar-refractivity contribution < 1.29 is 14.3 Å². The Morgan fingerprint density at radius 3 is 2.32 bits per heavy atom. The van der Waals surface area contributed by atoms with Gasteiger partial charge in [0, 0.05) is 31.0 Å². The van der Waals surface area contributed by atoms with E-state index in [1.165, 1.54) is 18.1 Å². The fourth-order valence-electron chi connectivity index (χ4n) is 3.06. The molecule has 0 aliphatic rings. The molecular formula is C23H28ClN3O3S. The number of rotatable bonds is 10. The van der Waals surface area contributed by atoms with Crippen LogP contribution in [0.2, 0.25) is 0 Å². The lowest BCUT2D eigenvalue weighted by Crippen LogP contribution is -2.22. The van der Waals surface area contributed by atoms with Gasteiger partial charge in [-0.05, 0) is 36.1 Å². The number of nitrogens with one attached hydrogen (secondary N) is 2. The fourth-order valence-corrected chi connectivity index (χ4v) is 3.81. The van der Waals surface area contributed by atoms with E-state index in [4.69, 9.17) is 14.5 Å². The summed E-state index contributed by atoms with van der Waals surface area (Å²) in [4.78, 5) is 15.6. The number of ether oxygens (including phenoxy) is 2. The summed E-state index contributed by atoms with van der Waals surface area (Å²) in [5.74, 6) is 1.48. The molecule has 0 aliphatic carbocycles. The molecule has 0 saturated heterocycles. The lowest BCUT2D eigenvalue weighted by Gasteiger charge is -2.09. The van der Waals surface area contributed by atoms with Crippen molar-refractivity contribution in [2.75, 3.05) is 32.6 Å². The van der Waals surface area contributed by atoms with E-state index in [1.54, 1.807) is 25.6 Å². The van der Waals surface area contributed by atoms with Gasteiger partial charge in [0.05, 0.1) is 19.9 Å². The van der Waals surface area contributed by atoms with Gasteiger partial charge in [-0.2, -0.15) is 0 Å². The zero-order chi connectivity index (χ0) is 21.3. The Bertz CT molecular complexity index is 976. The molecule has 0 spiro atoms. The zero-order valence-electron chi connectivity index (χ0n) is 17.9. The maximum absolute atomic E-state index is 11.0. The summed E-state index contributed by atoms with van der Waals surface area (Å²) in [6.07, 6.45) is 1.68. The Hall–Kier alpha value is -2.77. The van der Waals surface area contributed by atoms with Crippen molar-refractivity contribution in [3.63, 3.8) is 0 Å². The number of aromatic nitrogens is 1. The molecule has 0 saturated carbocycles. The van der Waals surface area contributed by atoms with E-state index in [2.05, 4.69) is 40.3 Å². The van der Waals surface area contributed by atoms with E-state index in [9.17, 15) is 4.79 Å². The molecule has 0 aliphatic heterocycles. The predicted molar refractivity (Wildman–Crippen MR) is 129 cm³/mol. The van der Waals surface area contributed by atoms with Crippen LogP contribution in [-0.4, -0.2) is 38.2 Å². The van der Waals surface area contributed by atoms with Gasteiger partial charge in [0.25, 0.3) is 0 Å². The number of amides is 1. The zero-order valence-corrected chi connectivity index (χ0v) is 19.6. The molecule has 0 radical (unpaired) electrons. The Balaban J connectivity index is 0.00000341. The summed E-state index contributed by atoms with van der Waals surface area (Å²) in [6, 6.07) is 14.3. The third kappa shape index (κ3) is 7.15.